The first-order valence-electron chi connectivity index (χ1n) is 8.12. The average Bonchev–Trinajstić information content (AvgIpc) is 2.80. The molecule has 2 heterocycles. The summed E-state index contributed by atoms with van der Waals surface area (Å²) in [5.74, 6) is 1.67. The zero-order chi connectivity index (χ0) is 15.7. The van der Waals surface area contributed by atoms with E-state index in [0.29, 0.717) is 5.92 Å². The Labute approximate surface area is 129 Å². The molecule has 0 spiro atoms. The average molecular weight is 293 g/mol. The molecular weight excluding hydrogens is 262 g/mol. The van der Waals surface area contributed by atoms with Crippen LogP contribution < -0.4 is 5.32 Å². The van der Waals surface area contributed by atoms with Crippen molar-refractivity contribution in [3.8, 4) is 0 Å². The number of nitrogens with one attached hydrogen (secondary N) is 1. The first-order chi connectivity index (χ1) is 9.76. The molecule has 5 nitrogen and oxygen atoms in total. The molecule has 1 aromatic heterocycles. The highest BCUT2D eigenvalue weighted by molar-refractivity contribution is 5.01. The summed E-state index contributed by atoms with van der Waals surface area (Å²) in [6.07, 6.45) is 2.82. The molecule has 2 rings (SSSR count). The van der Waals surface area contributed by atoms with Crippen molar-refractivity contribution in [1.29, 1.82) is 0 Å². The van der Waals surface area contributed by atoms with E-state index in [2.05, 4.69) is 66.5 Å². The minimum atomic E-state index is 0.150. The summed E-state index contributed by atoms with van der Waals surface area (Å²) in [6, 6.07) is 0. The van der Waals surface area contributed by atoms with E-state index in [0.717, 1.165) is 38.4 Å². The van der Waals surface area contributed by atoms with E-state index >= 15 is 0 Å². The second-order valence-electron chi connectivity index (χ2n) is 7.70. The van der Waals surface area contributed by atoms with Gasteiger partial charge in [-0.25, -0.2) is 9.67 Å². The maximum absolute atomic E-state index is 4.50. The van der Waals surface area contributed by atoms with Crippen LogP contribution in [0.15, 0.2) is 6.33 Å². The minimum absolute atomic E-state index is 0.150. The summed E-state index contributed by atoms with van der Waals surface area (Å²) < 4.78 is 2.07. The van der Waals surface area contributed by atoms with Crippen molar-refractivity contribution in [2.75, 3.05) is 13.1 Å². The Morgan fingerprint density at radius 3 is 2.67 bits per heavy atom. The molecule has 0 amide bonds. The van der Waals surface area contributed by atoms with Crippen molar-refractivity contribution in [3.63, 3.8) is 0 Å². The first kappa shape index (κ1) is 16.4. The predicted octanol–water partition coefficient (Wildman–Crippen LogP) is 2.29. The third-order valence-electron chi connectivity index (χ3n) is 4.63. The maximum Gasteiger partial charge on any atom is 0.141 e. The van der Waals surface area contributed by atoms with Gasteiger partial charge in [-0.1, -0.05) is 20.8 Å². The zero-order valence-corrected chi connectivity index (χ0v) is 14.5. The lowest BCUT2D eigenvalue weighted by atomic mass is 9.88. The van der Waals surface area contributed by atoms with Gasteiger partial charge in [0.1, 0.15) is 12.2 Å². The van der Waals surface area contributed by atoms with Crippen molar-refractivity contribution in [3.05, 3.63) is 12.2 Å². The smallest absolute Gasteiger partial charge is 0.141 e. The lowest BCUT2D eigenvalue weighted by molar-refractivity contribution is 0.0144. The van der Waals surface area contributed by atoms with Crippen molar-refractivity contribution in [2.24, 2.45) is 5.92 Å². The number of aromatic nitrogens is 3. The highest BCUT2D eigenvalue weighted by Crippen LogP contribution is 2.28. The van der Waals surface area contributed by atoms with Crippen LogP contribution in [0.4, 0.5) is 0 Å². The molecule has 1 saturated heterocycles. The van der Waals surface area contributed by atoms with Crippen LogP contribution in [-0.4, -0.2) is 43.8 Å². The van der Waals surface area contributed by atoms with E-state index < -0.39 is 0 Å². The Kier molecular flexibility index (Phi) is 4.73. The lowest BCUT2D eigenvalue weighted by Crippen LogP contribution is -2.66. The molecule has 0 radical (unpaired) electrons. The van der Waals surface area contributed by atoms with E-state index in [1.807, 2.05) is 0 Å². The third kappa shape index (κ3) is 3.83. The monoisotopic (exact) mass is 293 g/mol. The summed E-state index contributed by atoms with van der Waals surface area (Å²) in [5, 5.41) is 8.07. The molecule has 0 saturated carbocycles. The summed E-state index contributed by atoms with van der Waals surface area (Å²) in [6.45, 7) is 17.5. The van der Waals surface area contributed by atoms with Crippen LogP contribution in [0.3, 0.4) is 0 Å². The van der Waals surface area contributed by atoms with Gasteiger partial charge in [-0.15, -0.1) is 0 Å². The van der Waals surface area contributed by atoms with E-state index in [9.17, 15) is 0 Å². The molecule has 1 fully saturated rings. The molecular formula is C16H31N5. The Morgan fingerprint density at radius 1 is 1.33 bits per heavy atom. The summed E-state index contributed by atoms with van der Waals surface area (Å²) in [7, 11) is 0. The quantitative estimate of drug-likeness (QED) is 0.905. The maximum atomic E-state index is 4.50. The van der Waals surface area contributed by atoms with Gasteiger partial charge in [0.05, 0.1) is 6.54 Å². The molecule has 0 aliphatic carbocycles. The van der Waals surface area contributed by atoms with Gasteiger partial charge >= 0.3 is 0 Å². The van der Waals surface area contributed by atoms with Gasteiger partial charge < -0.3 is 5.32 Å². The standard InChI is InChI=1S/C16H31N5/c1-7-16(6)10-18-15(4,5)11-20(16)9-14-17-12-19-21(14)8-13(2)3/h12-13,18H,7-11H2,1-6H3. The minimum Gasteiger partial charge on any atom is -0.309 e. The van der Waals surface area contributed by atoms with E-state index in [1.54, 1.807) is 6.33 Å². The van der Waals surface area contributed by atoms with Crippen LogP contribution in [0.1, 0.15) is 53.8 Å². The largest absolute Gasteiger partial charge is 0.309 e. The van der Waals surface area contributed by atoms with Crippen LogP contribution in [-0.2, 0) is 13.1 Å². The topological polar surface area (TPSA) is 46.0 Å². The van der Waals surface area contributed by atoms with Gasteiger partial charge in [0, 0.05) is 30.7 Å². The second kappa shape index (κ2) is 6.05. The molecule has 1 atom stereocenters. The summed E-state index contributed by atoms with van der Waals surface area (Å²) in [5.41, 5.74) is 0.335. The fourth-order valence-electron chi connectivity index (χ4n) is 2.94. The highest BCUT2D eigenvalue weighted by Gasteiger charge is 2.40. The van der Waals surface area contributed by atoms with Crippen LogP contribution in [0.2, 0.25) is 0 Å². The van der Waals surface area contributed by atoms with E-state index in [4.69, 9.17) is 0 Å². The fraction of sp³-hybridized carbons (Fsp3) is 0.875. The first-order valence-corrected chi connectivity index (χ1v) is 8.12. The molecule has 1 aromatic rings. The molecule has 0 aromatic carbocycles. The Balaban J connectivity index is 2.17. The molecule has 21 heavy (non-hydrogen) atoms. The van der Waals surface area contributed by atoms with Gasteiger partial charge in [0.15, 0.2) is 0 Å². The Morgan fingerprint density at radius 2 is 2.05 bits per heavy atom. The summed E-state index contributed by atoms with van der Waals surface area (Å²) >= 11 is 0. The number of piperazine rings is 1. The predicted molar refractivity (Wildman–Crippen MR) is 86.0 cm³/mol. The molecule has 1 aliphatic rings. The highest BCUT2D eigenvalue weighted by atomic mass is 15.4. The van der Waals surface area contributed by atoms with Gasteiger partial charge in [-0.3, -0.25) is 4.90 Å². The molecule has 5 heteroatoms. The number of rotatable bonds is 5. The zero-order valence-electron chi connectivity index (χ0n) is 14.5. The van der Waals surface area contributed by atoms with Crippen molar-refractivity contribution >= 4 is 0 Å². The lowest BCUT2D eigenvalue weighted by Gasteiger charge is -2.51. The van der Waals surface area contributed by atoms with Crippen LogP contribution >= 0.6 is 0 Å². The number of hydrogen-bond donors (Lipinski definition) is 1. The molecule has 0 bridgehead atoms. The SMILES string of the molecule is CCC1(C)CNC(C)(C)CN1Cc1ncnn1CC(C)C. The molecule has 120 valence electrons. The normalized spacial score (nSPS) is 26.4. The Hall–Kier alpha value is -0.940. The molecule has 1 N–H and O–H groups in total. The van der Waals surface area contributed by atoms with Crippen LogP contribution in [0.5, 0.6) is 0 Å². The van der Waals surface area contributed by atoms with Gasteiger partial charge in [0.2, 0.25) is 0 Å². The van der Waals surface area contributed by atoms with E-state index in [1.165, 1.54) is 0 Å². The van der Waals surface area contributed by atoms with Crippen molar-refractivity contribution in [1.82, 2.24) is 25.0 Å². The van der Waals surface area contributed by atoms with Gasteiger partial charge in [-0.2, -0.15) is 5.10 Å². The summed E-state index contributed by atoms with van der Waals surface area (Å²) in [4.78, 5) is 7.07. The third-order valence-corrected chi connectivity index (χ3v) is 4.63. The van der Waals surface area contributed by atoms with E-state index in [-0.39, 0.29) is 11.1 Å². The fourth-order valence-corrected chi connectivity index (χ4v) is 2.94. The molecule has 1 aliphatic heterocycles. The van der Waals surface area contributed by atoms with Crippen LogP contribution in [0.25, 0.3) is 0 Å². The Bertz CT molecular complexity index is 465. The number of hydrogen-bond acceptors (Lipinski definition) is 4. The van der Waals surface area contributed by atoms with Crippen LogP contribution in [0, 0.1) is 5.92 Å². The van der Waals surface area contributed by atoms with Gasteiger partial charge in [-0.05, 0) is 33.1 Å². The second-order valence-corrected chi connectivity index (χ2v) is 7.70. The number of nitrogens with zero attached hydrogens (tertiary/aromatic N) is 4. The van der Waals surface area contributed by atoms with Crippen molar-refractivity contribution < 1.29 is 0 Å². The van der Waals surface area contributed by atoms with Crippen molar-refractivity contribution in [2.45, 2.75) is 72.1 Å². The molecule has 1 unspecified atom stereocenters. The van der Waals surface area contributed by atoms with Gasteiger partial charge in [0.25, 0.3) is 0 Å².